The molecule has 1 atom stereocenters. The summed E-state index contributed by atoms with van der Waals surface area (Å²) in [5.41, 5.74) is -0.759. The molecule has 3 heterocycles. The largest absolute Gasteiger partial charge is 0.490 e. The number of fused-ring (bicyclic) bond motifs is 3. The van der Waals surface area contributed by atoms with Crippen LogP contribution < -0.4 is 9.64 Å². The highest BCUT2D eigenvalue weighted by Gasteiger charge is 2.36. The van der Waals surface area contributed by atoms with Gasteiger partial charge in [0, 0.05) is 44.3 Å². The topological polar surface area (TPSA) is 28.6 Å². The maximum atomic E-state index is 12.8. The van der Waals surface area contributed by atoms with E-state index >= 15 is 0 Å². The summed E-state index contributed by atoms with van der Waals surface area (Å²) >= 11 is 0. The summed E-state index contributed by atoms with van der Waals surface area (Å²) in [5, 5.41) is 0. The Morgan fingerprint density at radius 3 is 2.77 bits per heavy atom. The predicted molar refractivity (Wildman–Crippen MR) is 77.2 cm³/mol. The van der Waals surface area contributed by atoms with Crippen LogP contribution in [0.1, 0.15) is 25.8 Å². The van der Waals surface area contributed by atoms with Gasteiger partial charge in [0.2, 0.25) is 0 Å². The number of halogens is 3. The Kier molecular flexibility index (Phi) is 3.92. The van der Waals surface area contributed by atoms with E-state index in [1.807, 2.05) is 0 Å². The first-order chi connectivity index (χ1) is 10.4. The predicted octanol–water partition coefficient (Wildman–Crippen LogP) is 2.78. The minimum absolute atomic E-state index is 0.238. The second-order valence-corrected chi connectivity index (χ2v) is 6.12. The number of rotatable bonds is 1. The van der Waals surface area contributed by atoms with Crippen LogP contribution in [-0.2, 0) is 6.18 Å². The number of ether oxygens (including phenoxy) is 1. The van der Waals surface area contributed by atoms with Crippen LogP contribution in [0.2, 0.25) is 0 Å². The fraction of sp³-hybridized carbons (Fsp3) is 0.667. The summed E-state index contributed by atoms with van der Waals surface area (Å²) < 4.78 is 44.0. The molecule has 2 aliphatic rings. The molecule has 122 valence electrons. The van der Waals surface area contributed by atoms with Crippen molar-refractivity contribution in [3.63, 3.8) is 0 Å². The number of nitrogens with zero attached hydrogens (tertiary/aromatic N) is 3. The Balaban J connectivity index is 1.89. The van der Waals surface area contributed by atoms with Crippen LogP contribution in [0.25, 0.3) is 0 Å². The zero-order valence-corrected chi connectivity index (χ0v) is 12.7. The molecule has 0 spiro atoms. The van der Waals surface area contributed by atoms with Gasteiger partial charge in [0.25, 0.3) is 0 Å². The third-order valence-corrected chi connectivity index (χ3v) is 4.39. The lowest BCUT2D eigenvalue weighted by Crippen LogP contribution is -2.55. The van der Waals surface area contributed by atoms with E-state index in [-0.39, 0.29) is 11.8 Å². The van der Waals surface area contributed by atoms with E-state index in [4.69, 9.17) is 4.74 Å². The van der Waals surface area contributed by atoms with E-state index in [0.717, 1.165) is 38.3 Å². The highest BCUT2D eigenvalue weighted by atomic mass is 19.4. The van der Waals surface area contributed by atoms with Gasteiger partial charge in [0.15, 0.2) is 11.6 Å². The Hall–Kier alpha value is -1.50. The molecule has 0 N–H and O–H groups in total. The Morgan fingerprint density at radius 2 is 2.09 bits per heavy atom. The molecule has 4 nitrogen and oxygen atoms in total. The lowest BCUT2D eigenvalue weighted by atomic mass is 10.1. The van der Waals surface area contributed by atoms with Gasteiger partial charge in [-0.15, -0.1) is 0 Å². The van der Waals surface area contributed by atoms with Crippen LogP contribution in [0, 0.1) is 0 Å². The van der Waals surface area contributed by atoms with Gasteiger partial charge >= 0.3 is 6.18 Å². The summed E-state index contributed by atoms with van der Waals surface area (Å²) in [7, 11) is 0. The Morgan fingerprint density at radius 1 is 1.32 bits per heavy atom. The van der Waals surface area contributed by atoms with Gasteiger partial charge in [-0.05, 0) is 19.9 Å². The van der Waals surface area contributed by atoms with Crippen molar-refractivity contribution in [1.29, 1.82) is 0 Å². The van der Waals surface area contributed by atoms with E-state index in [1.165, 1.54) is 0 Å². The van der Waals surface area contributed by atoms with E-state index in [9.17, 15) is 13.2 Å². The number of aromatic nitrogens is 1. The Bertz CT molecular complexity index is 547. The third-order valence-electron chi connectivity index (χ3n) is 4.39. The number of alkyl halides is 3. The number of hydrogen-bond acceptors (Lipinski definition) is 4. The molecule has 0 unspecified atom stereocenters. The van der Waals surface area contributed by atoms with E-state index < -0.39 is 11.7 Å². The van der Waals surface area contributed by atoms with Crippen molar-refractivity contribution in [2.24, 2.45) is 0 Å². The monoisotopic (exact) mass is 315 g/mol. The molecule has 0 saturated carbocycles. The van der Waals surface area contributed by atoms with Crippen LogP contribution in [-0.4, -0.2) is 48.2 Å². The van der Waals surface area contributed by atoms with Gasteiger partial charge in [-0.1, -0.05) is 0 Å². The smallest absolute Gasteiger partial charge is 0.418 e. The van der Waals surface area contributed by atoms with E-state index in [1.54, 1.807) is 0 Å². The zero-order chi connectivity index (χ0) is 15.9. The minimum atomic E-state index is -4.40. The molecule has 0 radical (unpaired) electrons. The van der Waals surface area contributed by atoms with Crippen LogP contribution >= 0.6 is 0 Å². The standard InChI is InChI=1S/C15H20F3N3O/c1-10(2)20-4-5-21-12(9-20)3-6-22-13-7-11(15(16,17)18)8-19-14(13)21/h7-8,10,12H,3-6,9H2,1-2H3/t12-/m1/s1. The van der Waals surface area contributed by atoms with Crippen molar-refractivity contribution >= 4 is 5.82 Å². The maximum Gasteiger partial charge on any atom is 0.418 e. The summed E-state index contributed by atoms with van der Waals surface area (Å²) in [6, 6.07) is 1.77. The lowest BCUT2D eigenvalue weighted by molar-refractivity contribution is -0.137. The van der Waals surface area contributed by atoms with Crippen molar-refractivity contribution in [3.8, 4) is 5.75 Å². The molecule has 0 amide bonds. The summed E-state index contributed by atoms with van der Waals surface area (Å²) in [6.45, 7) is 7.27. The molecule has 22 heavy (non-hydrogen) atoms. The zero-order valence-electron chi connectivity index (χ0n) is 12.7. The van der Waals surface area contributed by atoms with Crippen molar-refractivity contribution in [2.75, 3.05) is 31.1 Å². The average Bonchev–Trinajstić information content (AvgIpc) is 2.64. The van der Waals surface area contributed by atoms with Crippen molar-refractivity contribution in [3.05, 3.63) is 17.8 Å². The molecule has 0 aromatic carbocycles. The fourth-order valence-corrected chi connectivity index (χ4v) is 3.09. The fourth-order valence-electron chi connectivity index (χ4n) is 3.09. The quantitative estimate of drug-likeness (QED) is 0.797. The number of hydrogen-bond donors (Lipinski definition) is 0. The summed E-state index contributed by atoms with van der Waals surface area (Å²) in [5.74, 6) is 0.786. The van der Waals surface area contributed by atoms with E-state index in [2.05, 4.69) is 28.6 Å². The molecule has 3 rings (SSSR count). The highest BCUT2D eigenvalue weighted by Crippen LogP contribution is 2.38. The van der Waals surface area contributed by atoms with Crippen molar-refractivity contribution in [2.45, 2.75) is 38.5 Å². The highest BCUT2D eigenvalue weighted by molar-refractivity contribution is 5.55. The summed E-state index contributed by atoms with van der Waals surface area (Å²) in [6.07, 6.45) is -2.70. The molecule has 1 saturated heterocycles. The molecule has 0 bridgehead atoms. The normalized spacial score (nSPS) is 22.8. The van der Waals surface area contributed by atoms with Crippen LogP contribution in [0.5, 0.6) is 5.75 Å². The number of piperazine rings is 1. The Labute approximate surface area is 127 Å². The van der Waals surface area contributed by atoms with Crippen LogP contribution in [0.15, 0.2) is 12.3 Å². The molecular formula is C15H20F3N3O. The molecule has 1 fully saturated rings. The first kappa shape index (κ1) is 15.4. The SMILES string of the molecule is CC(C)N1CCN2c3ncc(C(F)(F)F)cc3OCC[C@@H]2C1. The maximum absolute atomic E-state index is 12.8. The van der Waals surface area contributed by atoms with Gasteiger partial charge in [-0.3, -0.25) is 4.90 Å². The van der Waals surface area contributed by atoms with E-state index in [0.29, 0.717) is 18.5 Å². The van der Waals surface area contributed by atoms with Gasteiger partial charge in [-0.2, -0.15) is 13.2 Å². The number of anilines is 1. The van der Waals surface area contributed by atoms with Crippen LogP contribution in [0.4, 0.5) is 19.0 Å². The van der Waals surface area contributed by atoms with Crippen molar-refractivity contribution < 1.29 is 17.9 Å². The molecular weight excluding hydrogens is 295 g/mol. The summed E-state index contributed by atoms with van der Waals surface area (Å²) in [4.78, 5) is 8.55. The number of pyridine rings is 1. The lowest BCUT2D eigenvalue weighted by Gasteiger charge is -2.42. The first-order valence-electron chi connectivity index (χ1n) is 7.57. The van der Waals surface area contributed by atoms with Gasteiger partial charge < -0.3 is 9.64 Å². The molecule has 0 aliphatic carbocycles. The van der Waals surface area contributed by atoms with Gasteiger partial charge in [0.1, 0.15) is 0 Å². The minimum Gasteiger partial charge on any atom is -0.490 e. The molecule has 2 aliphatic heterocycles. The molecule has 1 aromatic heterocycles. The van der Waals surface area contributed by atoms with Gasteiger partial charge in [-0.25, -0.2) is 4.98 Å². The molecule has 7 heteroatoms. The van der Waals surface area contributed by atoms with Gasteiger partial charge in [0.05, 0.1) is 12.2 Å². The van der Waals surface area contributed by atoms with Crippen molar-refractivity contribution in [1.82, 2.24) is 9.88 Å². The second kappa shape index (κ2) is 5.61. The third kappa shape index (κ3) is 2.86. The molecule has 1 aromatic rings. The van der Waals surface area contributed by atoms with Crippen LogP contribution in [0.3, 0.4) is 0 Å². The first-order valence-corrected chi connectivity index (χ1v) is 7.57. The average molecular weight is 315 g/mol. The second-order valence-electron chi connectivity index (χ2n) is 6.12.